The number of nitriles is 1. The highest BCUT2D eigenvalue weighted by Gasteiger charge is 2.27. The third kappa shape index (κ3) is 4.31. The van der Waals surface area contributed by atoms with Gasteiger partial charge in [0.2, 0.25) is 5.91 Å². The van der Waals surface area contributed by atoms with Gasteiger partial charge in [-0.2, -0.15) is 5.26 Å². The predicted molar refractivity (Wildman–Crippen MR) is 123 cm³/mol. The molecule has 1 amide bonds. The van der Waals surface area contributed by atoms with Crippen LogP contribution in [0.4, 0.5) is 0 Å². The zero-order chi connectivity index (χ0) is 21.3. The standard InChI is InChI=1S/C22H30N6OS/c1-30(2,3)14-26-20(29)12-19-27-18-13-25-22-17(9-11-24-22)21(18)28(19)16-6-4-15(5-7-16)8-10-23/h9,11,13,15-16H,4-8,12,14H2,1-3H3,(H,24,25)(H,26,29)/t15-,16-. The van der Waals surface area contributed by atoms with Crippen LogP contribution in [-0.4, -0.2) is 50.1 Å². The van der Waals surface area contributed by atoms with E-state index in [9.17, 15) is 4.79 Å². The van der Waals surface area contributed by atoms with Crippen molar-refractivity contribution in [2.24, 2.45) is 5.92 Å². The summed E-state index contributed by atoms with van der Waals surface area (Å²) < 4.78 is 2.29. The van der Waals surface area contributed by atoms with E-state index in [1.165, 1.54) is 0 Å². The number of nitrogens with zero attached hydrogens (tertiary/aromatic N) is 4. The van der Waals surface area contributed by atoms with Gasteiger partial charge < -0.3 is 14.9 Å². The summed E-state index contributed by atoms with van der Waals surface area (Å²) in [4.78, 5) is 25.2. The second-order valence-corrected chi connectivity index (χ2v) is 13.6. The summed E-state index contributed by atoms with van der Waals surface area (Å²) in [7, 11) is -0.799. The first-order valence-electron chi connectivity index (χ1n) is 10.5. The zero-order valence-electron chi connectivity index (χ0n) is 17.9. The maximum absolute atomic E-state index is 12.7. The Balaban J connectivity index is 1.68. The number of imidazole rings is 1. The van der Waals surface area contributed by atoms with Gasteiger partial charge in [-0.25, -0.2) is 20.0 Å². The molecule has 1 saturated carbocycles. The molecule has 0 saturated heterocycles. The number of carbonyl (C=O) groups is 1. The summed E-state index contributed by atoms with van der Waals surface area (Å²) in [6.07, 6.45) is 15.3. The molecule has 8 heteroatoms. The molecule has 0 radical (unpaired) electrons. The first-order chi connectivity index (χ1) is 14.4. The lowest BCUT2D eigenvalue weighted by Crippen LogP contribution is -2.30. The Morgan fingerprint density at radius 2 is 2.10 bits per heavy atom. The van der Waals surface area contributed by atoms with Crippen LogP contribution in [0.2, 0.25) is 0 Å². The van der Waals surface area contributed by atoms with Crippen LogP contribution in [0.15, 0.2) is 18.5 Å². The van der Waals surface area contributed by atoms with Gasteiger partial charge in [0.25, 0.3) is 0 Å². The Morgan fingerprint density at radius 1 is 1.33 bits per heavy atom. The van der Waals surface area contributed by atoms with Crippen LogP contribution in [0.3, 0.4) is 0 Å². The molecule has 3 aromatic rings. The number of carbonyl (C=O) groups excluding carboxylic acids is 1. The summed E-state index contributed by atoms with van der Waals surface area (Å²) in [6, 6.07) is 4.65. The molecule has 0 bridgehead atoms. The van der Waals surface area contributed by atoms with Gasteiger partial charge in [-0.3, -0.25) is 4.79 Å². The third-order valence-corrected chi connectivity index (χ3v) is 6.90. The van der Waals surface area contributed by atoms with Crippen molar-refractivity contribution < 1.29 is 4.79 Å². The quantitative estimate of drug-likeness (QED) is 0.625. The molecule has 0 spiro atoms. The lowest BCUT2D eigenvalue weighted by atomic mass is 9.84. The Bertz CT molecular complexity index is 1090. The van der Waals surface area contributed by atoms with Crippen molar-refractivity contribution in [1.29, 1.82) is 5.26 Å². The van der Waals surface area contributed by atoms with E-state index in [1.54, 1.807) is 6.20 Å². The van der Waals surface area contributed by atoms with E-state index in [1.807, 2.05) is 12.3 Å². The number of nitrogens with one attached hydrogen (secondary N) is 2. The summed E-state index contributed by atoms with van der Waals surface area (Å²) in [5.41, 5.74) is 2.74. The van der Waals surface area contributed by atoms with E-state index < -0.39 is 10.0 Å². The van der Waals surface area contributed by atoms with Crippen LogP contribution >= 0.6 is 10.0 Å². The normalized spacial score (nSPS) is 20.3. The van der Waals surface area contributed by atoms with Crippen LogP contribution in [0.1, 0.15) is 44.0 Å². The zero-order valence-corrected chi connectivity index (χ0v) is 18.8. The maximum Gasteiger partial charge on any atom is 0.228 e. The SMILES string of the molecule is CS(C)(C)CNC(=O)Cc1nc2cnc3[nH]ccc3c2n1[C@H]1CC[C@H](CC#N)CC1. The molecule has 0 aromatic carbocycles. The molecule has 1 aliphatic carbocycles. The molecular formula is C22H30N6OS. The lowest BCUT2D eigenvalue weighted by Gasteiger charge is -2.30. The Morgan fingerprint density at radius 3 is 2.80 bits per heavy atom. The average Bonchev–Trinajstić information content (AvgIpc) is 3.30. The van der Waals surface area contributed by atoms with Crippen LogP contribution in [0.5, 0.6) is 0 Å². The van der Waals surface area contributed by atoms with Gasteiger partial charge in [0.1, 0.15) is 17.0 Å². The molecule has 7 nitrogen and oxygen atoms in total. The summed E-state index contributed by atoms with van der Waals surface area (Å²) in [6.45, 7) is 0. The van der Waals surface area contributed by atoms with Gasteiger partial charge in [0.15, 0.2) is 0 Å². The number of rotatable bonds is 6. The van der Waals surface area contributed by atoms with Gasteiger partial charge in [0, 0.05) is 29.9 Å². The Labute approximate surface area is 178 Å². The fourth-order valence-corrected chi connectivity index (χ4v) is 4.99. The number of hydrogen-bond acceptors (Lipinski definition) is 4. The van der Waals surface area contributed by atoms with E-state index in [-0.39, 0.29) is 12.3 Å². The molecule has 0 unspecified atom stereocenters. The minimum atomic E-state index is -0.799. The van der Waals surface area contributed by atoms with Gasteiger partial charge in [-0.05, 0) is 56.4 Å². The Hall–Kier alpha value is -2.53. The first-order valence-corrected chi connectivity index (χ1v) is 13.5. The molecule has 4 rings (SSSR count). The number of hydrogen-bond donors (Lipinski definition) is 2. The highest BCUT2D eigenvalue weighted by atomic mass is 32.3. The molecule has 3 aromatic heterocycles. The minimum absolute atomic E-state index is 0.0189. The van der Waals surface area contributed by atoms with Crippen LogP contribution in [-0.2, 0) is 11.2 Å². The van der Waals surface area contributed by atoms with Gasteiger partial charge in [0.05, 0.1) is 24.2 Å². The highest BCUT2D eigenvalue weighted by molar-refractivity contribution is 8.32. The number of aromatic amines is 1. The summed E-state index contributed by atoms with van der Waals surface area (Å²) >= 11 is 0. The fourth-order valence-electron chi connectivity index (χ4n) is 4.40. The second kappa shape index (κ2) is 8.31. The number of amides is 1. The topological polar surface area (TPSA) is 99.4 Å². The van der Waals surface area contributed by atoms with E-state index in [0.29, 0.717) is 18.4 Å². The van der Waals surface area contributed by atoms with Crippen LogP contribution in [0, 0.1) is 17.2 Å². The van der Waals surface area contributed by atoms with Crippen molar-refractivity contribution in [2.75, 3.05) is 24.6 Å². The minimum Gasteiger partial charge on any atom is -0.348 e. The summed E-state index contributed by atoms with van der Waals surface area (Å²) in [5.74, 6) is 2.03. The molecule has 0 atom stereocenters. The average molecular weight is 427 g/mol. The second-order valence-electron chi connectivity index (χ2n) is 9.18. The monoisotopic (exact) mass is 426 g/mol. The Kier molecular flexibility index (Phi) is 5.74. The smallest absolute Gasteiger partial charge is 0.228 e. The molecule has 3 heterocycles. The third-order valence-electron chi connectivity index (χ3n) is 5.89. The molecular weight excluding hydrogens is 396 g/mol. The van der Waals surface area contributed by atoms with Crippen molar-refractivity contribution >= 4 is 38.0 Å². The molecule has 1 aliphatic rings. The van der Waals surface area contributed by atoms with Gasteiger partial charge >= 0.3 is 0 Å². The van der Waals surface area contributed by atoms with E-state index in [4.69, 9.17) is 10.2 Å². The van der Waals surface area contributed by atoms with Crippen molar-refractivity contribution in [1.82, 2.24) is 24.8 Å². The number of H-pyrrole nitrogens is 1. The van der Waals surface area contributed by atoms with Gasteiger partial charge in [-0.1, -0.05) is 0 Å². The van der Waals surface area contributed by atoms with Crippen molar-refractivity contribution in [3.63, 3.8) is 0 Å². The van der Waals surface area contributed by atoms with Crippen molar-refractivity contribution in [3.05, 3.63) is 24.3 Å². The van der Waals surface area contributed by atoms with Gasteiger partial charge in [-0.15, -0.1) is 0 Å². The maximum atomic E-state index is 12.7. The lowest BCUT2D eigenvalue weighted by molar-refractivity contribution is -0.120. The number of pyridine rings is 1. The van der Waals surface area contributed by atoms with E-state index >= 15 is 0 Å². The highest BCUT2D eigenvalue weighted by Crippen LogP contribution is 2.38. The first kappa shape index (κ1) is 20.7. The van der Waals surface area contributed by atoms with E-state index in [2.05, 4.69) is 44.7 Å². The molecule has 2 N–H and O–H groups in total. The predicted octanol–water partition coefficient (Wildman–Crippen LogP) is 3.87. The molecule has 160 valence electrons. The number of fused-ring (bicyclic) bond motifs is 3. The molecule has 1 fully saturated rings. The summed E-state index contributed by atoms with van der Waals surface area (Å²) in [5, 5.41) is 13.2. The largest absolute Gasteiger partial charge is 0.348 e. The molecule has 0 aliphatic heterocycles. The molecule has 30 heavy (non-hydrogen) atoms. The number of aromatic nitrogens is 4. The van der Waals surface area contributed by atoms with Crippen LogP contribution < -0.4 is 5.32 Å². The van der Waals surface area contributed by atoms with Crippen molar-refractivity contribution in [2.45, 2.75) is 44.6 Å². The van der Waals surface area contributed by atoms with Crippen molar-refractivity contribution in [3.8, 4) is 6.07 Å². The fraction of sp³-hybridized carbons (Fsp3) is 0.545. The van der Waals surface area contributed by atoms with E-state index in [0.717, 1.165) is 59.5 Å². The van der Waals surface area contributed by atoms with Crippen LogP contribution in [0.25, 0.3) is 22.1 Å².